The minimum absolute atomic E-state index is 0.181. The van der Waals surface area contributed by atoms with Crippen LogP contribution in [0, 0.1) is 0 Å². The molecular formula is C4H6N2O3. The van der Waals surface area contributed by atoms with Crippen LogP contribution in [-0.4, -0.2) is 16.8 Å². The van der Waals surface area contributed by atoms with E-state index in [-0.39, 0.29) is 6.01 Å². The van der Waals surface area contributed by atoms with E-state index in [1.165, 1.54) is 18.7 Å². The lowest BCUT2D eigenvalue weighted by atomic mass is 11.0. The van der Waals surface area contributed by atoms with E-state index in [1.54, 1.807) is 0 Å². The van der Waals surface area contributed by atoms with Crippen LogP contribution >= 0.6 is 0 Å². The number of hydrogen-bond acceptors (Lipinski definition) is 4. The SMILES string of the molecule is COc1noc(=O)n1C. The van der Waals surface area contributed by atoms with E-state index in [2.05, 4.69) is 14.4 Å². The van der Waals surface area contributed by atoms with Crippen LogP contribution in [0.2, 0.25) is 0 Å². The van der Waals surface area contributed by atoms with Gasteiger partial charge in [-0.2, -0.15) is 0 Å². The summed E-state index contributed by atoms with van der Waals surface area (Å²) in [7, 11) is 2.93. The van der Waals surface area contributed by atoms with Gasteiger partial charge in [0.25, 0.3) is 0 Å². The van der Waals surface area contributed by atoms with Crippen LogP contribution in [-0.2, 0) is 7.05 Å². The number of ether oxygens (including phenoxy) is 1. The van der Waals surface area contributed by atoms with Gasteiger partial charge in [-0.05, 0) is 5.16 Å². The number of aromatic nitrogens is 2. The summed E-state index contributed by atoms with van der Waals surface area (Å²) in [6.45, 7) is 0. The molecule has 0 N–H and O–H groups in total. The van der Waals surface area contributed by atoms with E-state index in [1.807, 2.05) is 0 Å². The summed E-state index contributed by atoms with van der Waals surface area (Å²) in [4.78, 5) is 10.5. The average Bonchev–Trinajstić information content (AvgIpc) is 2.15. The smallest absolute Gasteiger partial charge is 0.444 e. The first-order valence-corrected chi connectivity index (χ1v) is 2.32. The second-order valence-electron chi connectivity index (χ2n) is 1.49. The lowest BCUT2D eigenvalue weighted by Gasteiger charge is -1.90. The van der Waals surface area contributed by atoms with Gasteiger partial charge in [0.1, 0.15) is 0 Å². The maximum Gasteiger partial charge on any atom is 0.444 e. The molecule has 5 nitrogen and oxygen atoms in total. The zero-order chi connectivity index (χ0) is 6.85. The molecule has 0 spiro atoms. The first kappa shape index (κ1) is 5.87. The van der Waals surface area contributed by atoms with Crippen molar-refractivity contribution in [3.63, 3.8) is 0 Å². The molecule has 1 aromatic heterocycles. The van der Waals surface area contributed by atoms with Crippen molar-refractivity contribution in [3.8, 4) is 6.01 Å². The van der Waals surface area contributed by atoms with E-state index in [0.29, 0.717) is 0 Å². The Bertz CT molecular complexity index is 249. The van der Waals surface area contributed by atoms with E-state index in [0.717, 1.165) is 0 Å². The molecule has 9 heavy (non-hydrogen) atoms. The molecule has 0 saturated heterocycles. The van der Waals surface area contributed by atoms with Crippen LogP contribution in [0.5, 0.6) is 6.01 Å². The fourth-order valence-electron chi connectivity index (χ4n) is 0.453. The summed E-state index contributed by atoms with van der Waals surface area (Å²) in [5.41, 5.74) is 0. The van der Waals surface area contributed by atoms with E-state index in [9.17, 15) is 4.79 Å². The van der Waals surface area contributed by atoms with Crippen LogP contribution < -0.4 is 10.5 Å². The van der Waals surface area contributed by atoms with Crippen molar-refractivity contribution in [1.82, 2.24) is 9.72 Å². The van der Waals surface area contributed by atoms with Crippen molar-refractivity contribution in [2.75, 3.05) is 7.11 Å². The van der Waals surface area contributed by atoms with Gasteiger partial charge in [0, 0.05) is 7.05 Å². The summed E-state index contributed by atoms with van der Waals surface area (Å²) in [6.07, 6.45) is 0. The van der Waals surface area contributed by atoms with Crippen LogP contribution in [0.25, 0.3) is 0 Å². The second kappa shape index (κ2) is 1.93. The molecule has 0 aliphatic carbocycles. The van der Waals surface area contributed by atoms with Crippen LogP contribution in [0.1, 0.15) is 0 Å². The van der Waals surface area contributed by atoms with Gasteiger partial charge in [0.05, 0.1) is 7.11 Å². The van der Waals surface area contributed by atoms with Crippen LogP contribution in [0.4, 0.5) is 0 Å². The largest absolute Gasteiger partial charge is 0.466 e. The Balaban J connectivity index is 3.20. The third-order valence-electron chi connectivity index (χ3n) is 0.945. The first-order valence-electron chi connectivity index (χ1n) is 2.32. The highest BCUT2D eigenvalue weighted by molar-refractivity contribution is 4.86. The zero-order valence-corrected chi connectivity index (χ0v) is 5.12. The molecular weight excluding hydrogens is 124 g/mol. The summed E-state index contributed by atoms with van der Waals surface area (Å²) >= 11 is 0. The molecule has 5 heteroatoms. The fraction of sp³-hybridized carbons (Fsp3) is 0.500. The maximum absolute atomic E-state index is 10.5. The maximum atomic E-state index is 10.5. The fourth-order valence-corrected chi connectivity index (χ4v) is 0.453. The lowest BCUT2D eigenvalue weighted by Crippen LogP contribution is -2.09. The van der Waals surface area contributed by atoms with Gasteiger partial charge >= 0.3 is 11.8 Å². The molecule has 0 radical (unpaired) electrons. The van der Waals surface area contributed by atoms with E-state index in [4.69, 9.17) is 0 Å². The molecule has 0 amide bonds. The summed E-state index contributed by atoms with van der Waals surface area (Å²) in [6, 6.07) is 0.181. The molecule has 0 bridgehead atoms. The lowest BCUT2D eigenvalue weighted by molar-refractivity contribution is 0.326. The molecule has 1 heterocycles. The van der Waals surface area contributed by atoms with Crippen LogP contribution in [0.3, 0.4) is 0 Å². The van der Waals surface area contributed by atoms with Gasteiger partial charge in [0.2, 0.25) is 0 Å². The van der Waals surface area contributed by atoms with Crippen molar-refractivity contribution < 1.29 is 9.26 Å². The van der Waals surface area contributed by atoms with Crippen molar-refractivity contribution in [2.24, 2.45) is 7.05 Å². The molecule has 0 unspecified atom stereocenters. The minimum atomic E-state index is -0.521. The van der Waals surface area contributed by atoms with Gasteiger partial charge < -0.3 is 4.74 Å². The summed E-state index contributed by atoms with van der Waals surface area (Å²) < 4.78 is 10.0. The third-order valence-corrected chi connectivity index (χ3v) is 0.945. The first-order chi connectivity index (χ1) is 4.25. The quantitative estimate of drug-likeness (QED) is 0.508. The molecule has 1 rings (SSSR count). The van der Waals surface area contributed by atoms with Crippen molar-refractivity contribution in [3.05, 3.63) is 10.6 Å². The third kappa shape index (κ3) is 0.802. The molecule has 0 atom stereocenters. The molecule has 0 saturated carbocycles. The average molecular weight is 130 g/mol. The highest BCUT2D eigenvalue weighted by Gasteiger charge is 2.03. The van der Waals surface area contributed by atoms with Gasteiger partial charge in [-0.1, -0.05) is 0 Å². The Labute approximate surface area is 50.8 Å². The van der Waals surface area contributed by atoms with Crippen molar-refractivity contribution >= 4 is 0 Å². The molecule has 0 aromatic carbocycles. The Hall–Kier alpha value is -1.26. The van der Waals surface area contributed by atoms with Gasteiger partial charge in [-0.3, -0.25) is 4.52 Å². The van der Waals surface area contributed by atoms with Gasteiger partial charge in [-0.15, -0.1) is 0 Å². The number of methoxy groups -OCH3 is 1. The molecule has 0 aliphatic rings. The Kier molecular flexibility index (Phi) is 1.26. The molecule has 0 fully saturated rings. The summed E-state index contributed by atoms with van der Waals surface area (Å²) in [5.74, 6) is -0.521. The number of hydrogen-bond donors (Lipinski definition) is 0. The predicted molar refractivity (Wildman–Crippen MR) is 28.3 cm³/mol. The van der Waals surface area contributed by atoms with Crippen molar-refractivity contribution in [1.29, 1.82) is 0 Å². The molecule has 1 aromatic rings. The zero-order valence-electron chi connectivity index (χ0n) is 5.12. The Morgan fingerprint density at radius 1 is 1.78 bits per heavy atom. The second-order valence-corrected chi connectivity index (χ2v) is 1.49. The van der Waals surface area contributed by atoms with Gasteiger partial charge in [0.15, 0.2) is 0 Å². The monoisotopic (exact) mass is 130 g/mol. The number of rotatable bonds is 1. The Morgan fingerprint density at radius 3 is 2.67 bits per heavy atom. The minimum Gasteiger partial charge on any atom is -0.466 e. The van der Waals surface area contributed by atoms with Crippen LogP contribution in [0.15, 0.2) is 9.32 Å². The molecule has 50 valence electrons. The Morgan fingerprint density at radius 2 is 2.44 bits per heavy atom. The van der Waals surface area contributed by atoms with Crippen molar-refractivity contribution in [2.45, 2.75) is 0 Å². The highest BCUT2D eigenvalue weighted by Crippen LogP contribution is 1.96. The highest BCUT2D eigenvalue weighted by atomic mass is 16.6. The predicted octanol–water partition coefficient (Wildman–Crippen LogP) is -0.618. The molecule has 0 aliphatic heterocycles. The van der Waals surface area contributed by atoms with E-state index < -0.39 is 5.76 Å². The topological polar surface area (TPSA) is 57.3 Å². The van der Waals surface area contributed by atoms with E-state index >= 15 is 0 Å². The normalized spacial score (nSPS) is 9.56. The van der Waals surface area contributed by atoms with Gasteiger partial charge in [-0.25, -0.2) is 9.36 Å². The summed E-state index contributed by atoms with van der Waals surface area (Å²) in [5, 5.41) is 3.29. The number of nitrogens with zero attached hydrogens (tertiary/aromatic N) is 2. The standard InChI is InChI=1S/C4H6N2O3/c1-6-3(8-2)5-9-4(6)7/h1-2H3.